The van der Waals surface area contributed by atoms with Crippen molar-refractivity contribution in [1.29, 1.82) is 0 Å². The van der Waals surface area contributed by atoms with Gasteiger partial charge in [0.2, 0.25) is 5.91 Å². The molecule has 78 valence electrons. The Labute approximate surface area is 78.5 Å². The Balaban J connectivity index is 3.11. The quantitative estimate of drug-likeness (QED) is 0.411. The standard InChI is InChI=1S/C8H18N2O3/c1-12-6-7-13-10-8(11)4-2-3-5-9/h2-7,9H2,1H3,(H,10,11). The number of carbonyl (C=O) groups is 1. The summed E-state index contributed by atoms with van der Waals surface area (Å²) in [4.78, 5) is 15.8. The highest BCUT2D eigenvalue weighted by Gasteiger charge is 1.99. The fourth-order valence-corrected chi connectivity index (χ4v) is 0.737. The zero-order chi connectivity index (χ0) is 9.94. The summed E-state index contributed by atoms with van der Waals surface area (Å²) < 4.78 is 4.73. The summed E-state index contributed by atoms with van der Waals surface area (Å²) in [5, 5.41) is 0. The molecule has 3 N–H and O–H groups in total. The molecule has 5 heteroatoms. The predicted octanol–water partition coefficient (Wildman–Crippen LogP) is -0.190. The van der Waals surface area contributed by atoms with Gasteiger partial charge in [-0.2, -0.15) is 0 Å². The summed E-state index contributed by atoms with van der Waals surface area (Å²) in [5.74, 6) is -0.107. The molecule has 0 bridgehead atoms. The molecule has 0 fully saturated rings. The van der Waals surface area contributed by atoms with Crippen LogP contribution in [0.1, 0.15) is 19.3 Å². The monoisotopic (exact) mass is 190 g/mol. The lowest BCUT2D eigenvalue weighted by Gasteiger charge is -2.04. The molecule has 0 unspecified atom stereocenters. The molecule has 0 saturated carbocycles. The number of nitrogens with one attached hydrogen (secondary N) is 1. The number of nitrogens with two attached hydrogens (primary N) is 1. The number of hydrogen-bond donors (Lipinski definition) is 2. The molecule has 0 heterocycles. The molecular formula is C8H18N2O3. The lowest BCUT2D eigenvalue weighted by atomic mass is 10.2. The number of rotatable bonds is 8. The van der Waals surface area contributed by atoms with Crippen LogP contribution in [-0.4, -0.2) is 32.8 Å². The zero-order valence-electron chi connectivity index (χ0n) is 8.04. The average molecular weight is 190 g/mol. The van der Waals surface area contributed by atoms with Crippen molar-refractivity contribution in [2.75, 3.05) is 26.9 Å². The second kappa shape index (κ2) is 9.44. The minimum absolute atomic E-state index is 0.107. The van der Waals surface area contributed by atoms with E-state index in [4.69, 9.17) is 15.3 Å². The average Bonchev–Trinajstić information content (AvgIpc) is 2.13. The summed E-state index contributed by atoms with van der Waals surface area (Å²) >= 11 is 0. The maximum atomic E-state index is 11.0. The minimum Gasteiger partial charge on any atom is -0.382 e. The molecule has 0 aliphatic heterocycles. The van der Waals surface area contributed by atoms with E-state index in [9.17, 15) is 4.79 Å². The Morgan fingerprint density at radius 3 is 2.77 bits per heavy atom. The van der Waals surface area contributed by atoms with E-state index < -0.39 is 0 Å². The molecule has 13 heavy (non-hydrogen) atoms. The van der Waals surface area contributed by atoms with Crippen LogP contribution in [-0.2, 0) is 14.4 Å². The molecule has 0 aromatic carbocycles. The van der Waals surface area contributed by atoms with Crippen LogP contribution in [0.25, 0.3) is 0 Å². The highest BCUT2D eigenvalue weighted by Crippen LogP contribution is 1.92. The molecule has 0 spiro atoms. The van der Waals surface area contributed by atoms with Crippen LogP contribution in [0, 0.1) is 0 Å². The fraction of sp³-hybridized carbons (Fsp3) is 0.875. The Morgan fingerprint density at radius 2 is 2.15 bits per heavy atom. The highest BCUT2D eigenvalue weighted by atomic mass is 16.7. The third-order valence-electron chi connectivity index (χ3n) is 1.43. The van der Waals surface area contributed by atoms with Crippen molar-refractivity contribution in [3.05, 3.63) is 0 Å². The summed E-state index contributed by atoms with van der Waals surface area (Å²) in [6, 6.07) is 0. The summed E-state index contributed by atoms with van der Waals surface area (Å²) in [6.45, 7) is 1.47. The summed E-state index contributed by atoms with van der Waals surface area (Å²) in [6.07, 6.45) is 2.13. The van der Waals surface area contributed by atoms with Crippen LogP contribution < -0.4 is 11.2 Å². The summed E-state index contributed by atoms with van der Waals surface area (Å²) in [5.41, 5.74) is 7.59. The predicted molar refractivity (Wildman–Crippen MR) is 48.9 cm³/mol. The maximum absolute atomic E-state index is 11.0. The van der Waals surface area contributed by atoms with Gasteiger partial charge in [-0.15, -0.1) is 0 Å². The number of methoxy groups -OCH3 is 1. The number of ether oxygens (including phenoxy) is 1. The van der Waals surface area contributed by atoms with Crippen molar-refractivity contribution in [1.82, 2.24) is 5.48 Å². The Morgan fingerprint density at radius 1 is 1.38 bits per heavy atom. The van der Waals surface area contributed by atoms with E-state index in [0.29, 0.717) is 26.2 Å². The molecule has 0 saturated heterocycles. The first kappa shape index (κ1) is 12.3. The first-order valence-corrected chi connectivity index (χ1v) is 4.41. The Hall–Kier alpha value is -0.650. The second-order valence-corrected chi connectivity index (χ2v) is 2.61. The molecule has 0 rings (SSSR count). The van der Waals surface area contributed by atoms with Crippen molar-refractivity contribution in [2.45, 2.75) is 19.3 Å². The van der Waals surface area contributed by atoms with Gasteiger partial charge in [-0.3, -0.25) is 9.63 Å². The van der Waals surface area contributed by atoms with Gasteiger partial charge >= 0.3 is 0 Å². The van der Waals surface area contributed by atoms with Crippen molar-refractivity contribution in [3.8, 4) is 0 Å². The molecule has 0 radical (unpaired) electrons. The van der Waals surface area contributed by atoms with Gasteiger partial charge in [-0.05, 0) is 19.4 Å². The topological polar surface area (TPSA) is 73.6 Å². The van der Waals surface area contributed by atoms with Crippen molar-refractivity contribution >= 4 is 5.91 Å². The minimum atomic E-state index is -0.107. The first-order valence-electron chi connectivity index (χ1n) is 4.41. The van der Waals surface area contributed by atoms with E-state index in [2.05, 4.69) is 5.48 Å². The van der Waals surface area contributed by atoms with Gasteiger partial charge in [-0.1, -0.05) is 0 Å². The molecule has 0 aliphatic carbocycles. The third-order valence-corrected chi connectivity index (χ3v) is 1.43. The molecule has 5 nitrogen and oxygen atoms in total. The van der Waals surface area contributed by atoms with Crippen LogP contribution in [0.5, 0.6) is 0 Å². The van der Waals surface area contributed by atoms with E-state index in [-0.39, 0.29) is 5.91 Å². The van der Waals surface area contributed by atoms with Gasteiger partial charge in [0.25, 0.3) is 0 Å². The van der Waals surface area contributed by atoms with Crippen LogP contribution in [0.3, 0.4) is 0 Å². The molecule has 1 amide bonds. The molecule has 0 aliphatic rings. The van der Waals surface area contributed by atoms with Crippen LogP contribution in [0.4, 0.5) is 0 Å². The summed E-state index contributed by atoms with van der Waals surface area (Å²) in [7, 11) is 1.58. The third kappa shape index (κ3) is 9.26. The van der Waals surface area contributed by atoms with E-state index in [1.165, 1.54) is 0 Å². The Kier molecular flexibility index (Phi) is 8.97. The second-order valence-electron chi connectivity index (χ2n) is 2.61. The maximum Gasteiger partial charge on any atom is 0.243 e. The number of amides is 1. The lowest BCUT2D eigenvalue weighted by molar-refractivity contribution is -0.134. The smallest absolute Gasteiger partial charge is 0.243 e. The SMILES string of the molecule is COCCONC(=O)CCCCN. The Bertz CT molecular complexity index is 131. The van der Waals surface area contributed by atoms with E-state index in [0.717, 1.165) is 12.8 Å². The van der Waals surface area contributed by atoms with Crippen LogP contribution >= 0.6 is 0 Å². The van der Waals surface area contributed by atoms with Gasteiger partial charge < -0.3 is 10.5 Å². The largest absolute Gasteiger partial charge is 0.382 e. The van der Waals surface area contributed by atoms with Gasteiger partial charge in [0.05, 0.1) is 13.2 Å². The first-order chi connectivity index (χ1) is 6.31. The van der Waals surface area contributed by atoms with Gasteiger partial charge in [0.1, 0.15) is 0 Å². The fourth-order valence-electron chi connectivity index (χ4n) is 0.737. The number of unbranched alkanes of at least 4 members (excludes halogenated alkanes) is 1. The van der Waals surface area contributed by atoms with Crippen molar-refractivity contribution in [2.24, 2.45) is 5.73 Å². The van der Waals surface area contributed by atoms with Crippen molar-refractivity contribution in [3.63, 3.8) is 0 Å². The molecular weight excluding hydrogens is 172 g/mol. The highest BCUT2D eigenvalue weighted by molar-refractivity contribution is 5.74. The van der Waals surface area contributed by atoms with Crippen LogP contribution in [0.2, 0.25) is 0 Å². The van der Waals surface area contributed by atoms with Crippen molar-refractivity contribution < 1.29 is 14.4 Å². The lowest BCUT2D eigenvalue weighted by Crippen LogP contribution is -2.25. The number of hydrogen-bond acceptors (Lipinski definition) is 4. The number of hydroxylamine groups is 1. The van der Waals surface area contributed by atoms with E-state index in [1.54, 1.807) is 7.11 Å². The van der Waals surface area contributed by atoms with Gasteiger partial charge in [0, 0.05) is 13.5 Å². The van der Waals surface area contributed by atoms with Crippen LogP contribution in [0.15, 0.2) is 0 Å². The molecule has 0 aromatic rings. The normalized spacial score (nSPS) is 10.0. The molecule has 0 atom stereocenters. The number of carbonyl (C=O) groups excluding carboxylic acids is 1. The van der Waals surface area contributed by atoms with E-state index >= 15 is 0 Å². The van der Waals surface area contributed by atoms with Gasteiger partial charge in [-0.25, -0.2) is 5.48 Å². The van der Waals surface area contributed by atoms with Gasteiger partial charge in [0.15, 0.2) is 0 Å². The zero-order valence-corrected chi connectivity index (χ0v) is 8.04. The van der Waals surface area contributed by atoms with E-state index in [1.807, 2.05) is 0 Å². The molecule has 0 aromatic heterocycles.